The van der Waals surface area contributed by atoms with Gasteiger partial charge in [0, 0.05) is 29.8 Å². The Kier molecular flexibility index (Phi) is 7.88. The number of aromatic hydroxyl groups is 2. The minimum absolute atomic E-state index is 0.0877. The van der Waals surface area contributed by atoms with Crippen LogP contribution in [0, 0.1) is 0 Å². The number of unbranched alkanes of at least 4 members (excludes halogenated alkanes) is 1. The lowest BCUT2D eigenvalue weighted by Gasteiger charge is -2.34. The van der Waals surface area contributed by atoms with Crippen molar-refractivity contribution in [2.45, 2.75) is 83.5 Å². The third-order valence-corrected chi connectivity index (χ3v) is 6.16. The van der Waals surface area contributed by atoms with Crippen LogP contribution in [0.15, 0.2) is 18.2 Å². The van der Waals surface area contributed by atoms with Crippen LogP contribution in [0.4, 0.5) is 26.3 Å². The first kappa shape index (κ1) is 27.0. The summed E-state index contributed by atoms with van der Waals surface area (Å²) < 4.78 is 95.1. The van der Waals surface area contributed by atoms with E-state index in [4.69, 9.17) is 4.74 Å². The number of alkyl halides is 6. The standard InChI is InChI=1S/C24H29F6NO4/c1-3-7-15-13-18-17(14-35-22(18,23(25,26)27)24(28,29)30)16(8-4-2)21(15)34-12-6-5-11-31-19(32)9-10-20(31)33/h9-10,13,32-33H,3-8,11-12,14H2,1-2H3. The molecule has 0 aliphatic carbocycles. The van der Waals surface area contributed by atoms with Crippen LogP contribution in [0.3, 0.4) is 0 Å². The fourth-order valence-electron chi connectivity index (χ4n) is 4.56. The molecule has 35 heavy (non-hydrogen) atoms. The van der Waals surface area contributed by atoms with Crippen molar-refractivity contribution in [2.75, 3.05) is 6.61 Å². The highest BCUT2D eigenvalue weighted by Crippen LogP contribution is 2.58. The summed E-state index contributed by atoms with van der Waals surface area (Å²) in [4.78, 5) is 0. The number of ether oxygens (including phenoxy) is 2. The van der Waals surface area contributed by atoms with E-state index in [0.29, 0.717) is 49.1 Å². The van der Waals surface area contributed by atoms with Crippen LogP contribution in [0.2, 0.25) is 0 Å². The predicted octanol–water partition coefficient (Wildman–Crippen LogP) is 6.51. The molecule has 2 aromatic rings. The molecule has 0 saturated carbocycles. The van der Waals surface area contributed by atoms with Crippen LogP contribution in [0.25, 0.3) is 0 Å². The van der Waals surface area contributed by atoms with E-state index >= 15 is 0 Å². The van der Waals surface area contributed by atoms with Crippen LogP contribution < -0.4 is 4.74 Å². The van der Waals surface area contributed by atoms with Gasteiger partial charge in [-0.15, -0.1) is 0 Å². The molecule has 0 fully saturated rings. The van der Waals surface area contributed by atoms with Gasteiger partial charge in [-0.3, -0.25) is 4.57 Å². The second kappa shape index (κ2) is 10.2. The lowest BCUT2D eigenvalue weighted by Crippen LogP contribution is -2.53. The van der Waals surface area contributed by atoms with Gasteiger partial charge in [0.25, 0.3) is 5.60 Å². The largest absolute Gasteiger partial charge is 0.494 e. The van der Waals surface area contributed by atoms with Gasteiger partial charge in [0.1, 0.15) is 5.75 Å². The zero-order chi connectivity index (χ0) is 26.0. The molecule has 0 unspecified atom stereocenters. The topological polar surface area (TPSA) is 63.9 Å². The van der Waals surface area contributed by atoms with Gasteiger partial charge in [0.15, 0.2) is 11.8 Å². The van der Waals surface area contributed by atoms with Gasteiger partial charge in [-0.25, -0.2) is 0 Å². The monoisotopic (exact) mass is 509 g/mol. The fraction of sp³-hybridized carbons (Fsp3) is 0.583. The van der Waals surface area contributed by atoms with Crippen LogP contribution in [-0.4, -0.2) is 33.7 Å². The molecule has 0 bridgehead atoms. The van der Waals surface area contributed by atoms with Crippen molar-refractivity contribution < 1.29 is 46.0 Å². The van der Waals surface area contributed by atoms with Crippen molar-refractivity contribution in [3.63, 3.8) is 0 Å². The van der Waals surface area contributed by atoms with E-state index in [1.807, 2.05) is 0 Å². The third-order valence-electron chi connectivity index (χ3n) is 6.16. The lowest BCUT2D eigenvalue weighted by atomic mass is 9.84. The van der Waals surface area contributed by atoms with Crippen LogP contribution in [0.1, 0.15) is 61.8 Å². The quantitative estimate of drug-likeness (QED) is 0.283. The molecule has 0 radical (unpaired) electrons. The van der Waals surface area contributed by atoms with Gasteiger partial charge in [-0.05, 0) is 42.9 Å². The fourth-order valence-corrected chi connectivity index (χ4v) is 4.56. The predicted molar refractivity (Wildman–Crippen MR) is 115 cm³/mol. The number of hydrogen-bond donors (Lipinski definition) is 2. The molecule has 1 aromatic heterocycles. The summed E-state index contributed by atoms with van der Waals surface area (Å²) in [6.07, 6.45) is -8.87. The number of aromatic nitrogens is 1. The van der Waals surface area contributed by atoms with Crippen molar-refractivity contribution in [1.82, 2.24) is 4.57 Å². The molecule has 196 valence electrons. The smallest absolute Gasteiger partial charge is 0.430 e. The maximum Gasteiger partial charge on any atom is 0.430 e. The van der Waals surface area contributed by atoms with Gasteiger partial charge in [0.2, 0.25) is 0 Å². The second-order valence-electron chi connectivity index (χ2n) is 8.59. The van der Waals surface area contributed by atoms with E-state index in [2.05, 4.69) is 4.74 Å². The van der Waals surface area contributed by atoms with Crippen molar-refractivity contribution in [3.8, 4) is 17.5 Å². The van der Waals surface area contributed by atoms with Gasteiger partial charge in [-0.1, -0.05) is 26.7 Å². The number of halogens is 6. The Balaban J connectivity index is 1.93. The molecule has 3 rings (SSSR count). The Labute approximate surface area is 199 Å². The molecule has 1 aromatic carbocycles. The SMILES string of the molecule is CCCc1cc2c(c(CCC)c1OCCCCn1c(O)ccc1O)COC2(C(F)(F)F)C(F)(F)F. The summed E-state index contributed by atoms with van der Waals surface area (Å²) in [6, 6.07) is 3.67. The van der Waals surface area contributed by atoms with Crippen molar-refractivity contribution >= 4 is 0 Å². The number of aryl methyl sites for hydroxylation is 1. The number of nitrogens with zero attached hydrogens (tertiary/aromatic N) is 1. The minimum atomic E-state index is -5.68. The molecule has 2 N–H and O–H groups in total. The summed E-state index contributed by atoms with van der Waals surface area (Å²) >= 11 is 0. The first-order valence-corrected chi connectivity index (χ1v) is 11.5. The first-order valence-electron chi connectivity index (χ1n) is 11.5. The zero-order valence-corrected chi connectivity index (χ0v) is 19.5. The molecule has 11 heteroatoms. The highest BCUT2D eigenvalue weighted by Gasteiger charge is 2.75. The van der Waals surface area contributed by atoms with Crippen LogP contribution in [-0.2, 0) is 36.3 Å². The first-order chi connectivity index (χ1) is 16.4. The summed E-state index contributed by atoms with van der Waals surface area (Å²) in [5, 5.41) is 19.4. The molecule has 0 amide bonds. The molecule has 5 nitrogen and oxygen atoms in total. The number of rotatable bonds is 10. The molecular weight excluding hydrogens is 480 g/mol. The van der Waals surface area contributed by atoms with E-state index < -0.39 is 30.1 Å². The number of hydrogen-bond acceptors (Lipinski definition) is 4. The molecule has 0 saturated heterocycles. The van der Waals surface area contributed by atoms with E-state index in [1.54, 1.807) is 13.8 Å². The third kappa shape index (κ3) is 4.92. The Morgan fingerprint density at radius 1 is 0.971 bits per heavy atom. The van der Waals surface area contributed by atoms with Crippen LogP contribution >= 0.6 is 0 Å². The Morgan fingerprint density at radius 2 is 1.57 bits per heavy atom. The van der Waals surface area contributed by atoms with Crippen molar-refractivity contribution in [3.05, 3.63) is 40.5 Å². The summed E-state index contributed by atoms with van der Waals surface area (Å²) in [5.74, 6) is 0.147. The average Bonchev–Trinajstić information content (AvgIpc) is 3.30. The highest BCUT2D eigenvalue weighted by molar-refractivity contribution is 5.55. The second-order valence-corrected chi connectivity index (χ2v) is 8.59. The van der Waals surface area contributed by atoms with E-state index in [1.165, 1.54) is 16.7 Å². The molecule has 1 aliphatic rings. The Hall–Kier alpha value is -2.56. The summed E-state index contributed by atoms with van der Waals surface area (Å²) in [6.45, 7) is 3.24. The zero-order valence-electron chi connectivity index (χ0n) is 19.5. The number of fused-ring (bicyclic) bond motifs is 1. The van der Waals surface area contributed by atoms with Crippen molar-refractivity contribution in [2.24, 2.45) is 0 Å². The Bertz CT molecular complexity index is 995. The van der Waals surface area contributed by atoms with Crippen LogP contribution in [0.5, 0.6) is 17.5 Å². The van der Waals surface area contributed by atoms with E-state index in [-0.39, 0.29) is 36.8 Å². The normalized spacial score (nSPS) is 15.4. The maximum atomic E-state index is 13.9. The Morgan fingerprint density at radius 3 is 2.11 bits per heavy atom. The average molecular weight is 509 g/mol. The molecule has 0 atom stereocenters. The highest BCUT2D eigenvalue weighted by atomic mass is 19.4. The maximum absolute atomic E-state index is 13.9. The molecule has 0 spiro atoms. The number of benzene rings is 1. The van der Waals surface area contributed by atoms with Gasteiger partial charge in [-0.2, -0.15) is 26.3 Å². The summed E-state index contributed by atoms with van der Waals surface area (Å²) in [7, 11) is 0. The molecular formula is C24H29F6NO4. The lowest BCUT2D eigenvalue weighted by molar-refractivity contribution is -0.385. The van der Waals surface area contributed by atoms with Crippen molar-refractivity contribution in [1.29, 1.82) is 0 Å². The van der Waals surface area contributed by atoms with Gasteiger partial charge >= 0.3 is 12.4 Å². The van der Waals surface area contributed by atoms with E-state index in [0.717, 1.165) is 6.07 Å². The minimum Gasteiger partial charge on any atom is -0.494 e. The molecule has 1 aliphatic heterocycles. The van der Waals surface area contributed by atoms with Gasteiger partial charge < -0.3 is 19.7 Å². The summed E-state index contributed by atoms with van der Waals surface area (Å²) in [5.41, 5.74) is -4.75. The van der Waals surface area contributed by atoms with Gasteiger partial charge in [0.05, 0.1) is 13.2 Å². The molecule has 2 heterocycles. The van der Waals surface area contributed by atoms with E-state index in [9.17, 15) is 36.6 Å².